The van der Waals surface area contributed by atoms with Gasteiger partial charge in [0.1, 0.15) is 10.7 Å². The van der Waals surface area contributed by atoms with Crippen LogP contribution in [0.2, 0.25) is 0 Å². The molecule has 2 aromatic heterocycles. The quantitative estimate of drug-likeness (QED) is 0.620. The van der Waals surface area contributed by atoms with Crippen LogP contribution in [0.15, 0.2) is 40.2 Å². The molecule has 0 bridgehead atoms. The highest BCUT2D eigenvalue weighted by molar-refractivity contribution is 5.50. The van der Waals surface area contributed by atoms with Gasteiger partial charge in [0.15, 0.2) is 0 Å². The number of imidazole rings is 1. The molecule has 7 nitrogen and oxygen atoms in total. The highest BCUT2D eigenvalue weighted by atomic mass is 16.1. The van der Waals surface area contributed by atoms with Crippen molar-refractivity contribution in [3.05, 3.63) is 84.5 Å². The van der Waals surface area contributed by atoms with Crippen molar-refractivity contribution >= 4 is 12.2 Å². The van der Waals surface area contributed by atoms with E-state index < -0.39 is 11.1 Å². The average Bonchev–Trinajstić information content (AvgIpc) is 3.08. The summed E-state index contributed by atoms with van der Waals surface area (Å²) in [6.45, 7) is 6.08. The van der Waals surface area contributed by atoms with Gasteiger partial charge >= 0.3 is 0 Å². The van der Waals surface area contributed by atoms with Gasteiger partial charge in [-0.05, 0) is 29.8 Å². The van der Waals surface area contributed by atoms with Gasteiger partial charge in [-0.2, -0.15) is 5.26 Å². The third-order valence-electron chi connectivity index (χ3n) is 4.04. The molecule has 7 heteroatoms. The Bertz CT molecular complexity index is 1250. The number of nitrogens with zero attached hydrogens (tertiary/aromatic N) is 2. The number of rotatable bonds is 2. The molecule has 0 saturated heterocycles. The molecule has 1 aromatic carbocycles. The van der Waals surface area contributed by atoms with Crippen molar-refractivity contribution < 1.29 is 0 Å². The smallest absolute Gasteiger partial charge is 0.272 e. The minimum Gasteiger partial charge on any atom is -0.348 e. The maximum Gasteiger partial charge on any atom is 0.272 e. The Morgan fingerprint density at radius 2 is 1.59 bits per heavy atom. The maximum atomic E-state index is 12.4. The number of hydrogen-bond donors (Lipinski definition) is 3. The van der Waals surface area contributed by atoms with Gasteiger partial charge in [-0.3, -0.25) is 9.59 Å². The Morgan fingerprint density at radius 3 is 2.15 bits per heavy atom. The molecule has 0 atom stereocenters. The van der Waals surface area contributed by atoms with Crippen LogP contribution in [0.25, 0.3) is 12.2 Å². The number of hydrogen-bond acceptors (Lipinski definition) is 4. The largest absolute Gasteiger partial charge is 0.348 e. The molecule has 0 fully saturated rings. The molecule has 3 N–H and O–H groups in total. The van der Waals surface area contributed by atoms with Crippen molar-refractivity contribution in [2.45, 2.75) is 26.2 Å². The Balaban J connectivity index is 2.10. The van der Waals surface area contributed by atoms with Crippen molar-refractivity contribution in [3.8, 4) is 6.07 Å². The Hall–Kier alpha value is -3.66. The molecular weight excluding hydrogens is 342 g/mol. The van der Waals surface area contributed by atoms with E-state index in [4.69, 9.17) is 5.26 Å². The molecule has 2 heterocycles. The van der Waals surface area contributed by atoms with Crippen molar-refractivity contribution in [1.29, 1.82) is 5.26 Å². The van der Waals surface area contributed by atoms with E-state index in [0.717, 1.165) is 5.69 Å². The first kappa shape index (κ1) is 18.1. The number of benzene rings is 1. The maximum absolute atomic E-state index is 12.4. The Kier molecular flexibility index (Phi) is 4.65. The summed E-state index contributed by atoms with van der Waals surface area (Å²) in [4.78, 5) is 37.3. The van der Waals surface area contributed by atoms with Gasteiger partial charge in [0, 0.05) is 11.1 Å². The molecule has 0 aliphatic rings. The van der Waals surface area contributed by atoms with Crippen molar-refractivity contribution in [2.75, 3.05) is 0 Å². The van der Waals surface area contributed by atoms with E-state index >= 15 is 0 Å². The summed E-state index contributed by atoms with van der Waals surface area (Å²) in [5, 5.41) is 9.10. The second-order valence-corrected chi connectivity index (χ2v) is 7.17. The molecule has 3 aromatic rings. The first-order chi connectivity index (χ1) is 12.8. The fourth-order valence-electron chi connectivity index (χ4n) is 2.67. The number of nitriles is 1. The Morgan fingerprint density at radius 1 is 1.00 bits per heavy atom. The molecule has 3 rings (SSSR count). The molecule has 0 radical (unpaired) electrons. The summed E-state index contributed by atoms with van der Waals surface area (Å²) >= 11 is 0. The normalized spacial score (nSPS) is 13.0. The lowest BCUT2D eigenvalue weighted by Crippen LogP contribution is -2.46. The van der Waals surface area contributed by atoms with Crippen molar-refractivity contribution in [3.63, 3.8) is 0 Å². The van der Waals surface area contributed by atoms with Gasteiger partial charge in [0.05, 0.1) is 23.7 Å². The molecule has 136 valence electrons. The van der Waals surface area contributed by atoms with Crippen LogP contribution < -0.4 is 21.8 Å². The lowest BCUT2D eigenvalue weighted by Gasteiger charge is -2.16. The average molecular weight is 361 g/mol. The van der Waals surface area contributed by atoms with Crippen LogP contribution in [0.4, 0.5) is 0 Å². The second-order valence-electron chi connectivity index (χ2n) is 7.17. The molecule has 0 aliphatic carbocycles. The highest BCUT2D eigenvalue weighted by Gasteiger charge is 2.19. The fourth-order valence-corrected chi connectivity index (χ4v) is 2.67. The van der Waals surface area contributed by atoms with Gasteiger partial charge in [-0.25, -0.2) is 4.98 Å². The molecule has 27 heavy (non-hydrogen) atoms. The number of H-pyrrole nitrogens is 3. The predicted molar refractivity (Wildman–Crippen MR) is 103 cm³/mol. The SMILES string of the molecule is CC(C)(C)c1[nH]cnc1C=c1[nH]c(=O)c(=Cc2ccc(C#N)cc2)[nH]c1=O. The van der Waals surface area contributed by atoms with E-state index in [1.54, 1.807) is 42.7 Å². The van der Waals surface area contributed by atoms with E-state index in [1.165, 1.54) is 0 Å². The van der Waals surface area contributed by atoms with Crippen molar-refractivity contribution in [1.82, 2.24) is 19.9 Å². The minimum atomic E-state index is -0.419. The van der Waals surface area contributed by atoms with E-state index in [9.17, 15) is 9.59 Å². The summed E-state index contributed by atoms with van der Waals surface area (Å²) in [5.74, 6) is 0. The van der Waals surface area contributed by atoms with Gasteiger partial charge in [-0.15, -0.1) is 0 Å². The summed E-state index contributed by atoms with van der Waals surface area (Å²) < 4.78 is 0. The third-order valence-corrected chi connectivity index (χ3v) is 4.04. The zero-order valence-corrected chi connectivity index (χ0v) is 15.3. The van der Waals surface area contributed by atoms with E-state index in [-0.39, 0.29) is 16.1 Å². The van der Waals surface area contributed by atoms with Gasteiger partial charge in [-0.1, -0.05) is 32.9 Å². The van der Waals surface area contributed by atoms with Crippen LogP contribution in [0.1, 0.15) is 43.3 Å². The molecule has 0 spiro atoms. The fraction of sp³-hybridized carbons (Fsp3) is 0.200. The van der Waals surface area contributed by atoms with Crippen molar-refractivity contribution in [2.24, 2.45) is 0 Å². The van der Waals surface area contributed by atoms with Gasteiger partial charge in [0.2, 0.25) is 0 Å². The van der Waals surface area contributed by atoms with Gasteiger partial charge in [0.25, 0.3) is 11.1 Å². The zero-order chi connectivity index (χ0) is 19.6. The van der Waals surface area contributed by atoms with Crippen LogP contribution in [-0.4, -0.2) is 19.9 Å². The van der Waals surface area contributed by atoms with Crippen LogP contribution in [0, 0.1) is 11.3 Å². The number of aromatic nitrogens is 4. The Labute approximate surface area is 154 Å². The molecule has 0 amide bonds. The topological polar surface area (TPSA) is 118 Å². The summed E-state index contributed by atoms with van der Waals surface area (Å²) in [5.41, 5.74) is 1.68. The lowest BCUT2D eigenvalue weighted by atomic mass is 9.90. The monoisotopic (exact) mass is 361 g/mol. The summed E-state index contributed by atoms with van der Waals surface area (Å²) in [7, 11) is 0. The van der Waals surface area contributed by atoms with Crippen LogP contribution in [-0.2, 0) is 5.41 Å². The number of aromatic amines is 3. The molecular formula is C20H19N5O2. The molecule has 0 unspecified atom stereocenters. The predicted octanol–water partition coefficient (Wildman–Crippen LogP) is 0.613. The van der Waals surface area contributed by atoms with Crippen LogP contribution in [0.5, 0.6) is 0 Å². The van der Waals surface area contributed by atoms with E-state index in [1.807, 2.05) is 26.8 Å². The van der Waals surface area contributed by atoms with E-state index in [2.05, 4.69) is 19.9 Å². The minimum absolute atomic E-state index is 0.134. The van der Waals surface area contributed by atoms with E-state index in [0.29, 0.717) is 16.8 Å². The number of nitrogens with one attached hydrogen (secondary N) is 3. The first-order valence-electron chi connectivity index (χ1n) is 8.38. The summed E-state index contributed by atoms with van der Waals surface area (Å²) in [6.07, 6.45) is 4.68. The van der Waals surface area contributed by atoms with Gasteiger partial charge < -0.3 is 15.0 Å². The van der Waals surface area contributed by atoms with Crippen LogP contribution in [0.3, 0.4) is 0 Å². The zero-order valence-electron chi connectivity index (χ0n) is 15.3. The van der Waals surface area contributed by atoms with Crippen LogP contribution >= 0.6 is 0 Å². The first-order valence-corrected chi connectivity index (χ1v) is 8.38. The lowest BCUT2D eigenvalue weighted by molar-refractivity contribution is 0.571. The molecule has 0 aliphatic heterocycles. The highest BCUT2D eigenvalue weighted by Crippen LogP contribution is 2.22. The summed E-state index contributed by atoms with van der Waals surface area (Å²) in [6, 6.07) is 8.73. The molecule has 0 saturated carbocycles. The third kappa shape index (κ3) is 3.96. The standard InChI is InChI=1S/C20H19N5O2/c1-20(2,3)17-14(22-11-23-17)9-16-19(27)24-15(18(26)25-16)8-12-4-6-13(10-21)7-5-12/h4-9,11H,1-3H3,(H,22,23)(H,24,27)(H,25,26). The second kappa shape index (κ2) is 6.92.